The number of halogens is 1. The molecule has 0 bridgehead atoms. The molecule has 5 heteroatoms. The molecule has 22 heavy (non-hydrogen) atoms. The molecule has 0 aromatic heterocycles. The maximum absolute atomic E-state index is 12.3. The first-order chi connectivity index (χ1) is 10.6. The molecular formula is C17H18ClNO2S. The average Bonchev–Trinajstić information content (AvgIpc) is 2.51. The van der Waals surface area contributed by atoms with Gasteiger partial charge in [0.2, 0.25) is 5.91 Å². The molecule has 0 saturated heterocycles. The summed E-state index contributed by atoms with van der Waals surface area (Å²) < 4.78 is 5.51. The quantitative estimate of drug-likeness (QED) is 0.766. The largest absolute Gasteiger partial charge is 0.492 e. The first-order valence-electron chi connectivity index (χ1n) is 7.05. The Morgan fingerprint density at radius 1 is 1.23 bits per heavy atom. The van der Waals surface area contributed by atoms with E-state index in [0.717, 1.165) is 4.90 Å². The molecule has 3 nitrogen and oxygen atoms in total. The molecule has 0 radical (unpaired) electrons. The van der Waals surface area contributed by atoms with Gasteiger partial charge in [-0.05, 0) is 50.2 Å². The number of anilines is 1. The molecule has 0 aliphatic heterocycles. The van der Waals surface area contributed by atoms with Crippen LogP contribution in [-0.2, 0) is 4.79 Å². The van der Waals surface area contributed by atoms with E-state index in [1.807, 2.05) is 62.4 Å². The topological polar surface area (TPSA) is 38.3 Å². The molecule has 0 fully saturated rings. The van der Waals surface area contributed by atoms with E-state index in [2.05, 4.69) is 5.32 Å². The second-order valence-corrected chi connectivity index (χ2v) is 6.48. The summed E-state index contributed by atoms with van der Waals surface area (Å²) >= 11 is 7.35. The summed E-state index contributed by atoms with van der Waals surface area (Å²) in [4.78, 5) is 13.3. The number of ether oxygens (including phenoxy) is 1. The molecule has 1 amide bonds. The summed E-state index contributed by atoms with van der Waals surface area (Å²) in [5.74, 6) is 0.620. The second kappa shape index (κ2) is 8.11. The van der Waals surface area contributed by atoms with Crippen LogP contribution >= 0.6 is 23.4 Å². The van der Waals surface area contributed by atoms with Crippen molar-refractivity contribution in [3.05, 3.63) is 53.6 Å². The van der Waals surface area contributed by atoms with Gasteiger partial charge in [0, 0.05) is 9.92 Å². The van der Waals surface area contributed by atoms with Gasteiger partial charge in [0.1, 0.15) is 5.75 Å². The molecule has 0 aliphatic rings. The third kappa shape index (κ3) is 4.68. The van der Waals surface area contributed by atoms with E-state index in [1.165, 1.54) is 11.8 Å². The number of thioether (sulfide) groups is 1. The number of hydrogen-bond acceptors (Lipinski definition) is 3. The van der Waals surface area contributed by atoms with Gasteiger partial charge in [0.05, 0.1) is 17.5 Å². The van der Waals surface area contributed by atoms with Gasteiger partial charge in [-0.3, -0.25) is 4.79 Å². The fourth-order valence-corrected chi connectivity index (χ4v) is 2.85. The normalized spacial score (nSPS) is 11.8. The van der Waals surface area contributed by atoms with Crippen LogP contribution in [0.1, 0.15) is 13.8 Å². The summed E-state index contributed by atoms with van der Waals surface area (Å²) in [6.45, 7) is 4.34. The van der Waals surface area contributed by atoms with Gasteiger partial charge in [0.15, 0.2) is 0 Å². The Kier molecular flexibility index (Phi) is 6.16. The monoisotopic (exact) mass is 335 g/mol. The molecule has 116 valence electrons. The minimum Gasteiger partial charge on any atom is -0.492 e. The Hall–Kier alpha value is -1.65. The number of carbonyl (C=O) groups excluding carboxylic acids is 1. The lowest BCUT2D eigenvalue weighted by Crippen LogP contribution is -2.22. The minimum atomic E-state index is -0.226. The summed E-state index contributed by atoms with van der Waals surface area (Å²) in [7, 11) is 0. The molecule has 0 saturated carbocycles. The molecule has 1 N–H and O–H groups in total. The van der Waals surface area contributed by atoms with Gasteiger partial charge in [0.25, 0.3) is 0 Å². The van der Waals surface area contributed by atoms with Crippen LogP contribution in [0.2, 0.25) is 5.02 Å². The number of nitrogens with one attached hydrogen (secondary N) is 1. The van der Waals surface area contributed by atoms with Crippen molar-refractivity contribution in [1.29, 1.82) is 0 Å². The molecule has 0 heterocycles. The molecule has 0 aliphatic carbocycles. The first-order valence-corrected chi connectivity index (χ1v) is 8.31. The summed E-state index contributed by atoms with van der Waals surface area (Å²) in [6, 6.07) is 14.9. The Morgan fingerprint density at radius 2 is 1.91 bits per heavy atom. The lowest BCUT2D eigenvalue weighted by Gasteiger charge is -2.14. The highest BCUT2D eigenvalue weighted by atomic mass is 35.5. The molecular weight excluding hydrogens is 318 g/mol. The van der Waals surface area contributed by atoms with Crippen molar-refractivity contribution in [2.24, 2.45) is 0 Å². The third-order valence-electron chi connectivity index (χ3n) is 2.94. The Morgan fingerprint density at radius 3 is 2.59 bits per heavy atom. The molecule has 0 spiro atoms. The van der Waals surface area contributed by atoms with E-state index < -0.39 is 0 Å². The Bertz CT molecular complexity index is 631. The highest BCUT2D eigenvalue weighted by molar-refractivity contribution is 8.00. The zero-order valence-electron chi connectivity index (χ0n) is 12.5. The van der Waals surface area contributed by atoms with E-state index in [-0.39, 0.29) is 11.2 Å². The van der Waals surface area contributed by atoms with Crippen molar-refractivity contribution in [2.75, 3.05) is 11.9 Å². The van der Waals surface area contributed by atoms with Crippen molar-refractivity contribution >= 4 is 35.0 Å². The number of benzene rings is 2. The SMILES string of the molecule is CCOc1ccccc1NC(=O)[C@H](C)Sc1ccc(Cl)cc1. The molecule has 2 aromatic rings. The van der Waals surface area contributed by atoms with Crippen molar-refractivity contribution in [3.63, 3.8) is 0 Å². The first kappa shape index (κ1) is 16.7. The van der Waals surface area contributed by atoms with Crippen LogP contribution in [0.15, 0.2) is 53.4 Å². The van der Waals surface area contributed by atoms with Gasteiger partial charge >= 0.3 is 0 Å². The van der Waals surface area contributed by atoms with E-state index in [4.69, 9.17) is 16.3 Å². The third-order valence-corrected chi connectivity index (χ3v) is 4.30. The summed E-state index contributed by atoms with van der Waals surface area (Å²) in [6.07, 6.45) is 0. The van der Waals surface area contributed by atoms with Crippen molar-refractivity contribution < 1.29 is 9.53 Å². The number of carbonyl (C=O) groups is 1. The van der Waals surface area contributed by atoms with E-state index >= 15 is 0 Å². The predicted molar refractivity (Wildman–Crippen MR) is 93.0 cm³/mol. The lowest BCUT2D eigenvalue weighted by molar-refractivity contribution is -0.115. The van der Waals surface area contributed by atoms with Crippen LogP contribution in [0.3, 0.4) is 0 Å². The zero-order valence-corrected chi connectivity index (χ0v) is 14.1. The van der Waals surface area contributed by atoms with Crippen LogP contribution in [0.5, 0.6) is 5.75 Å². The second-order valence-electron chi connectivity index (χ2n) is 4.63. The van der Waals surface area contributed by atoms with E-state index in [0.29, 0.717) is 23.1 Å². The molecule has 2 rings (SSSR count). The minimum absolute atomic E-state index is 0.0629. The van der Waals surface area contributed by atoms with Gasteiger partial charge < -0.3 is 10.1 Å². The lowest BCUT2D eigenvalue weighted by atomic mass is 10.3. The van der Waals surface area contributed by atoms with Gasteiger partial charge in [-0.15, -0.1) is 11.8 Å². The van der Waals surface area contributed by atoms with E-state index in [9.17, 15) is 4.79 Å². The Balaban J connectivity index is 2.01. The fraction of sp³-hybridized carbons (Fsp3) is 0.235. The van der Waals surface area contributed by atoms with Gasteiger partial charge in [-0.2, -0.15) is 0 Å². The number of hydrogen-bond donors (Lipinski definition) is 1. The van der Waals surface area contributed by atoms with Crippen LogP contribution < -0.4 is 10.1 Å². The standard InChI is InChI=1S/C17H18ClNO2S/c1-3-21-16-7-5-4-6-15(16)19-17(20)12(2)22-14-10-8-13(18)9-11-14/h4-12H,3H2,1-2H3,(H,19,20)/t12-/m0/s1. The van der Waals surface area contributed by atoms with Crippen LogP contribution in [-0.4, -0.2) is 17.8 Å². The van der Waals surface area contributed by atoms with Gasteiger partial charge in [-0.25, -0.2) is 0 Å². The van der Waals surface area contributed by atoms with Crippen LogP contribution in [0, 0.1) is 0 Å². The number of amides is 1. The number of para-hydroxylation sites is 2. The molecule has 0 unspecified atom stereocenters. The van der Waals surface area contributed by atoms with Crippen molar-refractivity contribution in [1.82, 2.24) is 0 Å². The predicted octanol–water partition coefficient (Wildman–Crippen LogP) is 4.86. The zero-order chi connectivity index (χ0) is 15.9. The van der Waals surface area contributed by atoms with Crippen LogP contribution in [0.25, 0.3) is 0 Å². The summed E-state index contributed by atoms with van der Waals surface area (Å²) in [5.41, 5.74) is 0.693. The maximum atomic E-state index is 12.3. The highest BCUT2D eigenvalue weighted by Gasteiger charge is 2.16. The average molecular weight is 336 g/mol. The smallest absolute Gasteiger partial charge is 0.237 e. The fourth-order valence-electron chi connectivity index (χ4n) is 1.86. The molecule has 1 atom stereocenters. The highest BCUT2D eigenvalue weighted by Crippen LogP contribution is 2.28. The van der Waals surface area contributed by atoms with Crippen molar-refractivity contribution in [2.45, 2.75) is 24.0 Å². The van der Waals surface area contributed by atoms with Crippen LogP contribution in [0.4, 0.5) is 5.69 Å². The number of rotatable bonds is 6. The van der Waals surface area contributed by atoms with E-state index in [1.54, 1.807) is 0 Å². The van der Waals surface area contributed by atoms with Gasteiger partial charge in [-0.1, -0.05) is 23.7 Å². The molecule has 2 aromatic carbocycles. The van der Waals surface area contributed by atoms with Crippen molar-refractivity contribution in [3.8, 4) is 5.75 Å². The maximum Gasteiger partial charge on any atom is 0.237 e. The summed E-state index contributed by atoms with van der Waals surface area (Å²) in [5, 5.41) is 3.38. The Labute approximate surface area is 140 Å².